The average molecular weight is 524 g/mol. The van der Waals surface area contributed by atoms with Crippen molar-refractivity contribution >= 4 is 34.9 Å². The lowest BCUT2D eigenvalue weighted by Gasteiger charge is -2.32. The van der Waals surface area contributed by atoms with Crippen molar-refractivity contribution in [1.29, 1.82) is 0 Å². The maximum atomic E-state index is 13.7. The molecule has 3 aromatic rings. The van der Waals surface area contributed by atoms with Gasteiger partial charge < -0.3 is 19.1 Å². The highest BCUT2D eigenvalue weighted by Gasteiger charge is 2.34. The number of carbonyl (C=O) groups excluding carboxylic acids is 1. The number of anilines is 3. The van der Waals surface area contributed by atoms with Gasteiger partial charge in [-0.05, 0) is 70.0 Å². The van der Waals surface area contributed by atoms with Gasteiger partial charge in [0, 0.05) is 30.5 Å². The molecular formula is C27H30ClN5O4. The van der Waals surface area contributed by atoms with Gasteiger partial charge in [-0.2, -0.15) is 0 Å². The number of carbonyl (C=O) groups is 1. The van der Waals surface area contributed by atoms with Crippen LogP contribution in [0, 0.1) is 13.8 Å². The predicted octanol–water partition coefficient (Wildman–Crippen LogP) is 5.61. The molecule has 2 aromatic heterocycles. The van der Waals surface area contributed by atoms with Gasteiger partial charge in [-0.3, -0.25) is 0 Å². The number of morpholine rings is 1. The Morgan fingerprint density at radius 1 is 1.05 bits per heavy atom. The predicted molar refractivity (Wildman–Crippen MR) is 142 cm³/mol. The summed E-state index contributed by atoms with van der Waals surface area (Å²) in [6, 6.07) is 7.64. The molecule has 1 aromatic carbocycles. The number of aryl methyl sites for hydroxylation is 2. The number of ether oxygens (including phenoxy) is 3. The first-order valence-electron chi connectivity index (χ1n) is 12.2. The molecule has 37 heavy (non-hydrogen) atoms. The lowest BCUT2D eigenvalue weighted by Crippen LogP contribution is -2.38. The summed E-state index contributed by atoms with van der Waals surface area (Å²) in [7, 11) is 0. The fraction of sp³-hybridized carbons (Fsp3) is 0.407. The number of hydrogen-bond donors (Lipinski definition) is 0. The molecule has 1 amide bonds. The van der Waals surface area contributed by atoms with Crippen LogP contribution in [0.15, 0.2) is 30.5 Å². The van der Waals surface area contributed by atoms with Crippen LogP contribution >= 0.6 is 11.6 Å². The third-order valence-electron chi connectivity index (χ3n) is 6.25. The van der Waals surface area contributed by atoms with E-state index in [4.69, 9.17) is 25.8 Å². The molecule has 0 aliphatic carbocycles. The number of benzene rings is 1. The number of halogens is 1. The zero-order valence-corrected chi connectivity index (χ0v) is 22.4. The molecule has 0 radical (unpaired) electrons. The fourth-order valence-electron chi connectivity index (χ4n) is 4.72. The number of aromatic nitrogens is 3. The van der Waals surface area contributed by atoms with Crippen molar-refractivity contribution in [3.8, 4) is 16.9 Å². The minimum absolute atomic E-state index is 0.195. The molecule has 0 bridgehead atoms. The molecule has 0 unspecified atom stereocenters. The summed E-state index contributed by atoms with van der Waals surface area (Å²) in [5, 5.41) is 0.195. The Morgan fingerprint density at radius 2 is 1.76 bits per heavy atom. The van der Waals surface area contributed by atoms with Crippen molar-refractivity contribution in [3.63, 3.8) is 0 Å². The number of pyridine rings is 1. The van der Waals surface area contributed by atoms with Crippen LogP contribution < -0.4 is 14.5 Å². The molecule has 4 heterocycles. The Morgan fingerprint density at radius 3 is 2.43 bits per heavy atom. The van der Waals surface area contributed by atoms with Crippen molar-refractivity contribution in [1.82, 2.24) is 15.0 Å². The summed E-state index contributed by atoms with van der Waals surface area (Å²) in [5.74, 6) is 1.03. The van der Waals surface area contributed by atoms with E-state index in [1.807, 2.05) is 58.9 Å². The maximum Gasteiger partial charge on any atom is 0.420 e. The van der Waals surface area contributed by atoms with Crippen LogP contribution in [0.3, 0.4) is 0 Å². The highest BCUT2D eigenvalue weighted by molar-refractivity contribution is 6.28. The Bertz CT molecular complexity index is 1330. The molecule has 9 nitrogen and oxygen atoms in total. The summed E-state index contributed by atoms with van der Waals surface area (Å²) in [5.41, 5.74) is 4.76. The van der Waals surface area contributed by atoms with Crippen molar-refractivity contribution in [2.45, 2.75) is 46.8 Å². The number of rotatable bonds is 2. The molecule has 0 atom stereocenters. The number of fused-ring (bicyclic) bond motifs is 2. The van der Waals surface area contributed by atoms with E-state index in [-0.39, 0.29) is 11.9 Å². The minimum atomic E-state index is -0.707. The summed E-state index contributed by atoms with van der Waals surface area (Å²) in [6.07, 6.45) is 1.18. The fourth-order valence-corrected chi connectivity index (χ4v) is 4.98. The minimum Gasteiger partial charge on any atom is -0.486 e. The van der Waals surface area contributed by atoms with Gasteiger partial charge in [-0.15, -0.1) is 0 Å². The molecule has 2 aliphatic heterocycles. The van der Waals surface area contributed by atoms with Crippen LogP contribution in [0.2, 0.25) is 5.28 Å². The third-order valence-corrected chi connectivity index (χ3v) is 6.42. The van der Waals surface area contributed by atoms with Gasteiger partial charge in [0.1, 0.15) is 18.0 Å². The summed E-state index contributed by atoms with van der Waals surface area (Å²) in [6.45, 7) is 12.3. The first kappa shape index (κ1) is 25.2. The molecule has 5 rings (SSSR count). The van der Waals surface area contributed by atoms with Gasteiger partial charge in [0.05, 0.1) is 35.9 Å². The third kappa shape index (κ3) is 5.06. The second-order valence-corrected chi connectivity index (χ2v) is 10.4. The van der Waals surface area contributed by atoms with Gasteiger partial charge in [0.2, 0.25) is 5.28 Å². The highest BCUT2D eigenvalue weighted by atomic mass is 35.5. The molecular weight excluding hydrogens is 494 g/mol. The number of amides is 1. The van der Waals surface area contributed by atoms with E-state index in [1.54, 1.807) is 6.20 Å². The van der Waals surface area contributed by atoms with E-state index >= 15 is 0 Å². The molecule has 194 valence electrons. The highest BCUT2D eigenvalue weighted by Crippen LogP contribution is 2.44. The van der Waals surface area contributed by atoms with E-state index in [1.165, 1.54) is 4.90 Å². The topological polar surface area (TPSA) is 89.9 Å². The van der Waals surface area contributed by atoms with Gasteiger partial charge in [0.15, 0.2) is 5.82 Å². The first-order chi connectivity index (χ1) is 17.6. The zero-order chi connectivity index (χ0) is 26.3. The second kappa shape index (κ2) is 9.79. The summed E-state index contributed by atoms with van der Waals surface area (Å²) >= 11 is 6.08. The van der Waals surface area contributed by atoms with E-state index in [9.17, 15) is 4.79 Å². The Balaban J connectivity index is 1.68. The lowest BCUT2D eigenvalue weighted by molar-refractivity contribution is 0.0598. The van der Waals surface area contributed by atoms with E-state index < -0.39 is 11.7 Å². The Labute approximate surface area is 221 Å². The van der Waals surface area contributed by atoms with Gasteiger partial charge in [-0.1, -0.05) is 6.07 Å². The van der Waals surface area contributed by atoms with Gasteiger partial charge in [0.25, 0.3) is 0 Å². The summed E-state index contributed by atoms with van der Waals surface area (Å²) in [4.78, 5) is 30.8. The van der Waals surface area contributed by atoms with E-state index in [0.717, 1.165) is 46.9 Å². The van der Waals surface area contributed by atoms with Crippen molar-refractivity contribution in [2.24, 2.45) is 0 Å². The Hall–Kier alpha value is -3.43. The molecule has 1 fully saturated rings. The monoisotopic (exact) mass is 523 g/mol. The molecule has 0 N–H and O–H groups in total. The smallest absolute Gasteiger partial charge is 0.420 e. The Kier molecular flexibility index (Phi) is 6.68. The standard InChI is InChI=1S/C27H30ClN5O4/c1-16-23(17(2)31-25(28)30-16)18-6-7-22-21(14-18)33(26(34)37-27(3,4)5)24-19(15-36-22)20(8-9-29-24)32-10-12-35-13-11-32/h6-9,14H,10-13,15H2,1-5H3. The largest absolute Gasteiger partial charge is 0.486 e. The van der Waals surface area contributed by atoms with E-state index in [2.05, 4.69) is 19.9 Å². The summed E-state index contributed by atoms with van der Waals surface area (Å²) < 4.78 is 17.7. The molecule has 2 aliphatic rings. The molecule has 0 spiro atoms. The molecule has 1 saturated heterocycles. The van der Waals surface area contributed by atoms with Crippen molar-refractivity contribution in [3.05, 3.63) is 52.7 Å². The van der Waals surface area contributed by atoms with Crippen LogP contribution in [0.25, 0.3) is 11.1 Å². The lowest BCUT2D eigenvalue weighted by atomic mass is 10.0. The first-order valence-corrected chi connectivity index (χ1v) is 12.6. The second-order valence-electron chi connectivity index (χ2n) is 10.1. The van der Waals surface area contributed by atoms with Crippen LogP contribution in [0.5, 0.6) is 5.75 Å². The normalized spacial score (nSPS) is 15.4. The molecule has 10 heteroatoms. The SMILES string of the molecule is Cc1nc(Cl)nc(C)c1-c1ccc2c(c1)N(C(=O)OC(C)(C)C)c1nccc(N3CCOCC3)c1CO2. The molecule has 0 saturated carbocycles. The quantitative estimate of drug-likeness (QED) is 0.400. The van der Waals surface area contributed by atoms with Crippen LogP contribution in [0.4, 0.5) is 22.0 Å². The number of hydrogen-bond acceptors (Lipinski definition) is 8. The average Bonchev–Trinajstić information content (AvgIpc) is 2.99. The van der Waals surface area contributed by atoms with Gasteiger partial charge >= 0.3 is 6.09 Å². The number of nitrogens with zero attached hydrogens (tertiary/aromatic N) is 5. The van der Waals surface area contributed by atoms with Crippen LogP contribution in [0.1, 0.15) is 37.7 Å². The zero-order valence-electron chi connectivity index (χ0n) is 21.7. The van der Waals surface area contributed by atoms with Crippen molar-refractivity contribution < 1.29 is 19.0 Å². The van der Waals surface area contributed by atoms with Crippen LogP contribution in [-0.4, -0.2) is 52.9 Å². The van der Waals surface area contributed by atoms with Gasteiger partial charge in [-0.25, -0.2) is 24.6 Å². The van der Waals surface area contributed by atoms with E-state index in [0.29, 0.717) is 30.5 Å². The van der Waals surface area contributed by atoms with Crippen LogP contribution in [-0.2, 0) is 16.1 Å². The van der Waals surface area contributed by atoms with Crippen molar-refractivity contribution in [2.75, 3.05) is 36.1 Å². The maximum absolute atomic E-state index is 13.7.